The molecule has 0 bridgehead atoms. The average Bonchev–Trinajstić information content (AvgIpc) is 2.73. The summed E-state index contributed by atoms with van der Waals surface area (Å²) < 4.78 is 18.1. The zero-order valence-electron chi connectivity index (χ0n) is 16.8. The van der Waals surface area contributed by atoms with Crippen LogP contribution < -0.4 is 25.1 Å². The van der Waals surface area contributed by atoms with Gasteiger partial charge in [-0.2, -0.15) is 4.98 Å². The minimum atomic E-state index is -0.529. The summed E-state index contributed by atoms with van der Waals surface area (Å²) >= 11 is 1.37. The summed E-state index contributed by atoms with van der Waals surface area (Å²) in [5.74, 6) is 1.64. The van der Waals surface area contributed by atoms with E-state index >= 15 is 0 Å². The molecule has 0 radical (unpaired) electrons. The van der Waals surface area contributed by atoms with Gasteiger partial charge in [0, 0.05) is 30.7 Å². The summed E-state index contributed by atoms with van der Waals surface area (Å²) in [4.78, 5) is 29.7. The fraction of sp³-hybridized carbons (Fsp3) is 0.350. The van der Waals surface area contributed by atoms with Gasteiger partial charge < -0.3 is 24.1 Å². The number of methoxy groups -OCH3 is 3. The Morgan fingerprint density at radius 2 is 1.97 bits per heavy atom. The summed E-state index contributed by atoms with van der Waals surface area (Å²) in [6.07, 6.45) is 1.82. The number of benzene rings is 1. The number of thioether (sulfide) groups is 1. The maximum absolute atomic E-state index is 13.0. The lowest BCUT2D eigenvalue weighted by Crippen LogP contribution is -2.33. The Hall–Kier alpha value is -2.94. The normalized spacial score (nSPS) is 15.3. The van der Waals surface area contributed by atoms with Crippen LogP contribution in [0.5, 0.6) is 17.2 Å². The first kappa shape index (κ1) is 20.8. The van der Waals surface area contributed by atoms with Gasteiger partial charge in [0.1, 0.15) is 5.82 Å². The summed E-state index contributed by atoms with van der Waals surface area (Å²) in [6.45, 7) is 3.69. The molecule has 3 rings (SSSR count). The number of carbonyl (C=O) groups is 1. The van der Waals surface area contributed by atoms with Crippen LogP contribution in [-0.2, 0) is 11.8 Å². The maximum atomic E-state index is 13.0. The quantitative estimate of drug-likeness (QED) is 0.420. The van der Waals surface area contributed by atoms with E-state index in [4.69, 9.17) is 14.2 Å². The van der Waals surface area contributed by atoms with E-state index in [1.165, 1.54) is 33.1 Å². The van der Waals surface area contributed by atoms with Crippen molar-refractivity contribution < 1.29 is 19.0 Å². The Kier molecular flexibility index (Phi) is 6.17. The van der Waals surface area contributed by atoms with Crippen LogP contribution >= 0.6 is 11.8 Å². The van der Waals surface area contributed by atoms with Gasteiger partial charge in [0.15, 0.2) is 16.7 Å². The largest absolute Gasteiger partial charge is 0.493 e. The van der Waals surface area contributed by atoms with Crippen LogP contribution in [0.2, 0.25) is 0 Å². The lowest BCUT2D eigenvalue weighted by atomic mass is 9.86. The topological polar surface area (TPSA) is 91.7 Å². The van der Waals surface area contributed by atoms with E-state index in [1.54, 1.807) is 29.8 Å². The molecule has 0 saturated heterocycles. The fourth-order valence-electron chi connectivity index (χ4n) is 3.46. The zero-order chi connectivity index (χ0) is 21.1. The van der Waals surface area contributed by atoms with Crippen LogP contribution in [0.1, 0.15) is 23.5 Å². The Morgan fingerprint density at radius 3 is 2.59 bits per heavy atom. The Labute approximate surface area is 172 Å². The highest BCUT2D eigenvalue weighted by atomic mass is 32.2. The second-order valence-corrected chi connectivity index (χ2v) is 7.34. The second kappa shape index (κ2) is 8.60. The van der Waals surface area contributed by atoms with Crippen molar-refractivity contribution in [1.82, 2.24) is 9.55 Å². The number of hydrogen-bond acceptors (Lipinski definition) is 7. The third kappa shape index (κ3) is 3.69. The molecule has 1 aromatic heterocycles. The molecule has 9 heteroatoms. The van der Waals surface area contributed by atoms with Crippen molar-refractivity contribution in [3.05, 3.63) is 46.3 Å². The van der Waals surface area contributed by atoms with Crippen molar-refractivity contribution in [2.24, 2.45) is 7.05 Å². The summed E-state index contributed by atoms with van der Waals surface area (Å²) in [5, 5.41) is 3.33. The van der Waals surface area contributed by atoms with Gasteiger partial charge in [-0.15, -0.1) is 6.58 Å². The third-order valence-corrected chi connectivity index (χ3v) is 5.77. The second-order valence-electron chi connectivity index (χ2n) is 6.35. The van der Waals surface area contributed by atoms with E-state index < -0.39 is 5.92 Å². The van der Waals surface area contributed by atoms with Gasteiger partial charge in [-0.25, -0.2) is 0 Å². The highest BCUT2D eigenvalue weighted by Gasteiger charge is 2.35. The van der Waals surface area contributed by atoms with Crippen LogP contribution in [0.4, 0.5) is 5.82 Å². The number of hydrogen-bond donors (Lipinski definition) is 1. The predicted octanol–water partition coefficient (Wildman–Crippen LogP) is 2.56. The Balaban J connectivity index is 2.23. The fourth-order valence-corrected chi connectivity index (χ4v) is 4.16. The van der Waals surface area contributed by atoms with Crippen LogP contribution in [0.15, 0.2) is 34.7 Å². The molecule has 29 heavy (non-hydrogen) atoms. The van der Waals surface area contributed by atoms with E-state index in [1.807, 2.05) is 0 Å². The molecule has 0 saturated carbocycles. The van der Waals surface area contributed by atoms with Gasteiger partial charge in [-0.1, -0.05) is 23.9 Å². The molecule has 1 unspecified atom stereocenters. The molecule has 1 aromatic carbocycles. The summed E-state index contributed by atoms with van der Waals surface area (Å²) in [5.41, 5.74) is 0.693. The molecule has 1 N–H and O–H groups in total. The third-order valence-electron chi connectivity index (χ3n) is 4.74. The van der Waals surface area contributed by atoms with E-state index in [9.17, 15) is 9.59 Å². The molecular weight excluding hydrogens is 394 g/mol. The number of fused-ring (bicyclic) bond motifs is 1. The summed E-state index contributed by atoms with van der Waals surface area (Å²) in [6, 6.07) is 3.52. The molecule has 1 aliphatic rings. The molecule has 1 atom stereocenters. The number of ether oxygens (including phenoxy) is 3. The van der Waals surface area contributed by atoms with Crippen molar-refractivity contribution in [1.29, 1.82) is 0 Å². The molecule has 0 aliphatic carbocycles. The van der Waals surface area contributed by atoms with Crippen molar-refractivity contribution in [3.63, 3.8) is 0 Å². The van der Waals surface area contributed by atoms with E-state index in [2.05, 4.69) is 16.9 Å². The maximum Gasteiger partial charge on any atom is 0.279 e. The average molecular weight is 417 g/mol. The molecule has 1 amide bonds. The molecular formula is C20H23N3O5S. The Bertz CT molecular complexity index is 1020. The highest BCUT2D eigenvalue weighted by Crippen LogP contribution is 2.46. The molecule has 2 aromatic rings. The standard InChI is InChI=1S/C20H23N3O5S/c1-6-9-29-20-22-19(25)15-12(10-14(24)21-18(15)23(20)2)11-7-8-13(26-3)17(28-5)16(11)27-4/h6-8,12H,1,9-10H2,2-5H3,(H,21,24). The minimum absolute atomic E-state index is 0.0922. The summed E-state index contributed by atoms with van der Waals surface area (Å²) in [7, 11) is 6.32. The van der Waals surface area contributed by atoms with E-state index in [0.717, 1.165) is 0 Å². The first-order chi connectivity index (χ1) is 14.0. The van der Waals surface area contributed by atoms with Gasteiger partial charge in [-0.3, -0.25) is 9.59 Å². The first-order valence-corrected chi connectivity index (χ1v) is 9.88. The SMILES string of the molecule is C=CCSc1nc(=O)c2c(n1C)NC(=O)CC2c1ccc(OC)c(OC)c1OC. The van der Waals surface area contributed by atoms with Crippen LogP contribution in [0, 0.1) is 0 Å². The van der Waals surface area contributed by atoms with E-state index in [-0.39, 0.29) is 17.9 Å². The Morgan fingerprint density at radius 1 is 1.24 bits per heavy atom. The number of aromatic nitrogens is 2. The van der Waals surface area contributed by atoms with Crippen molar-refractivity contribution in [2.75, 3.05) is 32.4 Å². The smallest absolute Gasteiger partial charge is 0.279 e. The number of anilines is 1. The molecule has 0 spiro atoms. The van der Waals surface area contributed by atoms with Gasteiger partial charge in [-0.05, 0) is 6.07 Å². The lowest BCUT2D eigenvalue weighted by molar-refractivity contribution is -0.116. The number of carbonyl (C=O) groups excluding carboxylic acids is 1. The number of nitrogens with one attached hydrogen (secondary N) is 1. The van der Waals surface area contributed by atoms with Crippen molar-refractivity contribution >= 4 is 23.5 Å². The first-order valence-electron chi connectivity index (χ1n) is 8.90. The van der Waals surface area contributed by atoms with Crippen molar-refractivity contribution in [3.8, 4) is 17.2 Å². The van der Waals surface area contributed by atoms with Gasteiger partial charge in [0.2, 0.25) is 11.7 Å². The predicted molar refractivity (Wildman–Crippen MR) is 112 cm³/mol. The lowest BCUT2D eigenvalue weighted by Gasteiger charge is -2.29. The zero-order valence-corrected chi connectivity index (χ0v) is 17.6. The molecule has 0 fully saturated rings. The van der Waals surface area contributed by atoms with Crippen LogP contribution in [0.3, 0.4) is 0 Å². The number of amides is 1. The van der Waals surface area contributed by atoms with Gasteiger partial charge in [0.05, 0.1) is 26.9 Å². The minimum Gasteiger partial charge on any atom is -0.493 e. The molecule has 1 aliphatic heterocycles. The molecule has 154 valence electrons. The monoisotopic (exact) mass is 417 g/mol. The van der Waals surface area contributed by atoms with Crippen LogP contribution in [0.25, 0.3) is 0 Å². The van der Waals surface area contributed by atoms with Gasteiger partial charge in [0.25, 0.3) is 5.56 Å². The van der Waals surface area contributed by atoms with E-state index in [0.29, 0.717) is 45.1 Å². The molecule has 2 heterocycles. The molecule has 8 nitrogen and oxygen atoms in total. The van der Waals surface area contributed by atoms with Crippen molar-refractivity contribution in [2.45, 2.75) is 17.5 Å². The highest BCUT2D eigenvalue weighted by molar-refractivity contribution is 7.99. The number of nitrogens with zero attached hydrogens (tertiary/aromatic N) is 2. The van der Waals surface area contributed by atoms with Crippen LogP contribution in [-0.4, -0.2) is 42.5 Å². The van der Waals surface area contributed by atoms with Gasteiger partial charge >= 0.3 is 0 Å². The number of rotatable bonds is 7.